The Morgan fingerprint density at radius 1 is 1.41 bits per heavy atom. The van der Waals surface area contributed by atoms with E-state index in [1.807, 2.05) is 6.92 Å². The molecule has 2 rings (SSSR count). The monoisotopic (exact) mass is 258 g/mol. The van der Waals surface area contributed by atoms with Gasteiger partial charge in [-0.3, -0.25) is 4.79 Å². The maximum Gasteiger partial charge on any atom is 0.287 e. The summed E-state index contributed by atoms with van der Waals surface area (Å²) in [5.74, 6) is 0.317. The van der Waals surface area contributed by atoms with Crippen molar-refractivity contribution in [3.05, 3.63) is 23.7 Å². The molecule has 0 spiro atoms. The lowest BCUT2D eigenvalue weighted by molar-refractivity contribution is 0.0897. The number of halogens is 1. The van der Waals surface area contributed by atoms with Crippen molar-refractivity contribution < 1.29 is 9.21 Å². The molecule has 0 radical (unpaired) electrons. The lowest BCUT2D eigenvalue weighted by atomic mass is 9.92. The van der Waals surface area contributed by atoms with Crippen LogP contribution in [0.2, 0.25) is 0 Å². The molecule has 1 aromatic heterocycles. The number of carbonyl (C=O) groups is 1. The highest BCUT2D eigenvalue weighted by atomic mass is 35.5. The van der Waals surface area contributed by atoms with E-state index in [4.69, 9.17) is 10.2 Å². The first-order valence-electron chi connectivity index (χ1n) is 5.77. The van der Waals surface area contributed by atoms with Gasteiger partial charge in [-0.05, 0) is 38.7 Å². The summed E-state index contributed by atoms with van der Waals surface area (Å²) < 4.78 is 5.15. The SMILES string of the molecule is Cc1ccoc1C(=O)NC1CCC(N)CC1.Cl. The molecule has 1 aliphatic carbocycles. The van der Waals surface area contributed by atoms with Crippen molar-refractivity contribution in [3.8, 4) is 0 Å². The van der Waals surface area contributed by atoms with Gasteiger partial charge in [0.1, 0.15) is 0 Å². The topological polar surface area (TPSA) is 68.3 Å². The molecule has 17 heavy (non-hydrogen) atoms. The molecular weight excluding hydrogens is 240 g/mol. The molecule has 1 amide bonds. The van der Waals surface area contributed by atoms with Crippen LogP contribution in [0.5, 0.6) is 0 Å². The lowest BCUT2D eigenvalue weighted by Gasteiger charge is -2.26. The number of furan rings is 1. The normalized spacial score (nSPS) is 23.9. The maximum atomic E-state index is 11.8. The first-order chi connectivity index (χ1) is 7.66. The first-order valence-corrected chi connectivity index (χ1v) is 5.77. The van der Waals surface area contributed by atoms with Crippen LogP contribution in [0.15, 0.2) is 16.7 Å². The number of aryl methyl sites for hydroxylation is 1. The third-order valence-electron chi connectivity index (χ3n) is 3.18. The molecule has 1 fully saturated rings. The van der Waals surface area contributed by atoms with E-state index in [0.29, 0.717) is 11.8 Å². The Bertz CT molecular complexity index is 370. The van der Waals surface area contributed by atoms with E-state index in [-0.39, 0.29) is 24.4 Å². The number of nitrogens with one attached hydrogen (secondary N) is 1. The molecular formula is C12H19ClN2O2. The zero-order chi connectivity index (χ0) is 11.5. The van der Waals surface area contributed by atoms with Crippen LogP contribution in [-0.4, -0.2) is 18.0 Å². The summed E-state index contributed by atoms with van der Waals surface area (Å²) >= 11 is 0. The van der Waals surface area contributed by atoms with Crippen molar-refractivity contribution in [1.82, 2.24) is 5.32 Å². The zero-order valence-electron chi connectivity index (χ0n) is 9.94. The fourth-order valence-corrected chi connectivity index (χ4v) is 2.12. The molecule has 3 N–H and O–H groups in total. The summed E-state index contributed by atoms with van der Waals surface area (Å²) in [6, 6.07) is 2.35. The smallest absolute Gasteiger partial charge is 0.287 e. The van der Waals surface area contributed by atoms with Crippen molar-refractivity contribution in [2.45, 2.75) is 44.7 Å². The molecule has 0 aromatic carbocycles. The highest BCUT2D eigenvalue weighted by Crippen LogP contribution is 2.18. The Morgan fingerprint density at radius 2 is 2.06 bits per heavy atom. The fourth-order valence-electron chi connectivity index (χ4n) is 2.12. The summed E-state index contributed by atoms with van der Waals surface area (Å²) in [5.41, 5.74) is 6.69. The average Bonchev–Trinajstić information content (AvgIpc) is 2.68. The van der Waals surface area contributed by atoms with E-state index in [2.05, 4.69) is 5.32 Å². The average molecular weight is 259 g/mol. The summed E-state index contributed by atoms with van der Waals surface area (Å²) in [6.45, 7) is 1.87. The molecule has 1 aliphatic rings. The maximum absolute atomic E-state index is 11.8. The van der Waals surface area contributed by atoms with E-state index in [1.54, 1.807) is 12.3 Å². The summed E-state index contributed by atoms with van der Waals surface area (Å²) in [5, 5.41) is 2.99. The van der Waals surface area contributed by atoms with Gasteiger partial charge in [0.05, 0.1) is 6.26 Å². The fraction of sp³-hybridized carbons (Fsp3) is 0.583. The van der Waals surface area contributed by atoms with Crippen molar-refractivity contribution in [2.75, 3.05) is 0 Å². The quantitative estimate of drug-likeness (QED) is 0.853. The van der Waals surface area contributed by atoms with Crippen molar-refractivity contribution in [1.29, 1.82) is 0 Å². The van der Waals surface area contributed by atoms with Gasteiger partial charge in [-0.25, -0.2) is 0 Å². The molecule has 0 bridgehead atoms. The van der Waals surface area contributed by atoms with Crippen LogP contribution in [0.25, 0.3) is 0 Å². The third-order valence-corrected chi connectivity index (χ3v) is 3.18. The molecule has 0 saturated heterocycles. The second-order valence-corrected chi connectivity index (χ2v) is 4.52. The minimum absolute atomic E-state index is 0. The Labute approximate surface area is 107 Å². The minimum Gasteiger partial charge on any atom is -0.459 e. The lowest BCUT2D eigenvalue weighted by Crippen LogP contribution is -2.40. The second-order valence-electron chi connectivity index (χ2n) is 4.52. The number of rotatable bonds is 2. The van der Waals surface area contributed by atoms with Gasteiger partial charge in [-0.2, -0.15) is 0 Å². The van der Waals surface area contributed by atoms with E-state index >= 15 is 0 Å². The van der Waals surface area contributed by atoms with E-state index in [9.17, 15) is 4.79 Å². The predicted octanol–water partition coefficient (Wildman–Crippen LogP) is 2.01. The van der Waals surface area contributed by atoms with Crippen LogP contribution in [-0.2, 0) is 0 Å². The number of carbonyl (C=O) groups excluding carboxylic acids is 1. The van der Waals surface area contributed by atoms with Crippen LogP contribution in [0, 0.1) is 6.92 Å². The largest absolute Gasteiger partial charge is 0.459 e. The molecule has 4 nitrogen and oxygen atoms in total. The van der Waals surface area contributed by atoms with Crippen LogP contribution >= 0.6 is 12.4 Å². The molecule has 1 heterocycles. The van der Waals surface area contributed by atoms with Crippen LogP contribution in [0.4, 0.5) is 0 Å². The molecule has 1 saturated carbocycles. The molecule has 96 valence electrons. The van der Waals surface area contributed by atoms with Gasteiger partial charge < -0.3 is 15.5 Å². The number of hydrogen-bond acceptors (Lipinski definition) is 3. The van der Waals surface area contributed by atoms with Crippen LogP contribution < -0.4 is 11.1 Å². The third kappa shape index (κ3) is 3.48. The predicted molar refractivity (Wildman–Crippen MR) is 68.4 cm³/mol. The van der Waals surface area contributed by atoms with Gasteiger partial charge in [0, 0.05) is 17.6 Å². The summed E-state index contributed by atoms with van der Waals surface area (Å²) in [7, 11) is 0. The van der Waals surface area contributed by atoms with E-state index in [1.165, 1.54) is 0 Å². The molecule has 5 heteroatoms. The van der Waals surface area contributed by atoms with Gasteiger partial charge in [0.25, 0.3) is 5.91 Å². The zero-order valence-corrected chi connectivity index (χ0v) is 10.8. The Morgan fingerprint density at radius 3 is 2.59 bits per heavy atom. The van der Waals surface area contributed by atoms with Crippen molar-refractivity contribution in [3.63, 3.8) is 0 Å². The van der Waals surface area contributed by atoms with Crippen molar-refractivity contribution >= 4 is 18.3 Å². The summed E-state index contributed by atoms with van der Waals surface area (Å²) in [4.78, 5) is 11.8. The molecule has 0 unspecified atom stereocenters. The van der Waals surface area contributed by atoms with Gasteiger partial charge in [-0.1, -0.05) is 0 Å². The van der Waals surface area contributed by atoms with Gasteiger partial charge in [-0.15, -0.1) is 12.4 Å². The van der Waals surface area contributed by atoms with Crippen LogP contribution in [0.1, 0.15) is 41.8 Å². The van der Waals surface area contributed by atoms with E-state index < -0.39 is 0 Å². The molecule has 0 aliphatic heterocycles. The highest BCUT2D eigenvalue weighted by Gasteiger charge is 2.22. The second kappa shape index (κ2) is 6.07. The number of amides is 1. The van der Waals surface area contributed by atoms with Gasteiger partial charge in [0.2, 0.25) is 0 Å². The molecule has 1 aromatic rings. The summed E-state index contributed by atoms with van der Waals surface area (Å²) in [6.07, 6.45) is 5.45. The van der Waals surface area contributed by atoms with Gasteiger partial charge in [0.15, 0.2) is 5.76 Å². The Kier molecular flexibility index (Phi) is 5.02. The highest BCUT2D eigenvalue weighted by molar-refractivity contribution is 5.92. The van der Waals surface area contributed by atoms with E-state index in [0.717, 1.165) is 31.2 Å². The van der Waals surface area contributed by atoms with Crippen LogP contribution in [0.3, 0.4) is 0 Å². The number of nitrogens with two attached hydrogens (primary N) is 1. The first kappa shape index (κ1) is 14.1. The molecule has 0 atom stereocenters. The minimum atomic E-state index is -0.108. The Balaban J connectivity index is 0.00000144. The number of hydrogen-bond donors (Lipinski definition) is 2. The van der Waals surface area contributed by atoms with Gasteiger partial charge >= 0.3 is 0 Å². The Hall–Kier alpha value is -1.00. The standard InChI is InChI=1S/C12H18N2O2.ClH/c1-8-6-7-16-11(8)12(15)14-10-4-2-9(13)3-5-10;/h6-7,9-10H,2-5,13H2,1H3,(H,14,15);1H. The van der Waals surface area contributed by atoms with Crippen molar-refractivity contribution in [2.24, 2.45) is 5.73 Å².